The molecule has 1 aromatic carbocycles. The quantitative estimate of drug-likeness (QED) is 0.768. The van der Waals surface area contributed by atoms with Gasteiger partial charge in [-0.15, -0.1) is 0 Å². The molecule has 0 aliphatic carbocycles. The van der Waals surface area contributed by atoms with E-state index >= 15 is 0 Å². The number of aromatic nitrogens is 2. The average Bonchev–Trinajstić information content (AvgIpc) is 2.57. The predicted octanol–water partition coefficient (Wildman–Crippen LogP) is 3.63. The number of halogens is 2. The van der Waals surface area contributed by atoms with E-state index in [1.807, 2.05) is 32.2 Å². The number of nitrogens with two attached hydrogens (primary N) is 1. The number of hydrogen-bond donors (Lipinski definition) is 2. The molecule has 4 nitrogen and oxygen atoms in total. The summed E-state index contributed by atoms with van der Waals surface area (Å²) < 4.78 is 3.67. The van der Waals surface area contributed by atoms with E-state index in [0.29, 0.717) is 4.99 Å². The molecule has 19 heavy (non-hydrogen) atoms. The molecule has 3 N–H and O–H groups in total. The number of benzene rings is 1. The first kappa shape index (κ1) is 14.5. The highest BCUT2D eigenvalue weighted by atomic mass is 79.9. The van der Waals surface area contributed by atoms with Crippen molar-refractivity contribution < 1.29 is 0 Å². The number of hydrogen-bond acceptors (Lipinski definition) is 3. The van der Waals surface area contributed by atoms with E-state index in [0.717, 1.165) is 31.7 Å². The first-order chi connectivity index (χ1) is 8.90. The monoisotopic (exact) mass is 402 g/mol. The Morgan fingerprint density at radius 1 is 1.42 bits per heavy atom. The first-order valence-corrected chi connectivity index (χ1v) is 7.45. The molecule has 1 heterocycles. The second-order valence-corrected chi connectivity index (χ2v) is 6.26. The molecule has 0 spiro atoms. The van der Waals surface area contributed by atoms with Crippen molar-refractivity contribution in [1.82, 2.24) is 9.78 Å². The lowest BCUT2D eigenvalue weighted by atomic mass is 10.2. The molecule has 0 amide bonds. The zero-order valence-corrected chi connectivity index (χ0v) is 14.4. The maximum atomic E-state index is 5.76. The van der Waals surface area contributed by atoms with Gasteiger partial charge < -0.3 is 11.1 Å². The molecule has 0 radical (unpaired) electrons. The summed E-state index contributed by atoms with van der Waals surface area (Å²) in [4.78, 5) is 0.335. The number of anilines is 2. The zero-order valence-electron chi connectivity index (χ0n) is 10.4. The standard InChI is InChI=1S/C12H12Br2N4S/c1-6-10(11(15)19)12(18(2)17-6)16-9-4-3-7(13)5-8(9)14/h3-5,16H,1-2H3,(H2,15,19). The van der Waals surface area contributed by atoms with Gasteiger partial charge in [0.25, 0.3) is 0 Å². The highest BCUT2D eigenvalue weighted by molar-refractivity contribution is 9.11. The Hall–Kier alpha value is -0.920. The number of nitrogens with zero attached hydrogens (tertiary/aromatic N) is 2. The smallest absolute Gasteiger partial charge is 0.138 e. The lowest BCUT2D eigenvalue weighted by Gasteiger charge is -2.11. The van der Waals surface area contributed by atoms with E-state index in [4.69, 9.17) is 18.0 Å². The Labute approximate surface area is 133 Å². The van der Waals surface area contributed by atoms with Crippen molar-refractivity contribution >= 4 is 60.6 Å². The predicted molar refractivity (Wildman–Crippen MR) is 89.0 cm³/mol. The largest absolute Gasteiger partial charge is 0.389 e. The van der Waals surface area contributed by atoms with Crippen LogP contribution in [0.15, 0.2) is 27.1 Å². The van der Waals surface area contributed by atoms with Gasteiger partial charge in [0.05, 0.1) is 16.9 Å². The van der Waals surface area contributed by atoms with Gasteiger partial charge in [-0.3, -0.25) is 4.68 Å². The van der Waals surface area contributed by atoms with Crippen molar-refractivity contribution in [2.75, 3.05) is 5.32 Å². The molecule has 0 aliphatic rings. The van der Waals surface area contributed by atoms with E-state index < -0.39 is 0 Å². The minimum atomic E-state index is 0.335. The highest BCUT2D eigenvalue weighted by Gasteiger charge is 2.16. The van der Waals surface area contributed by atoms with Crippen LogP contribution in [0.5, 0.6) is 0 Å². The summed E-state index contributed by atoms with van der Waals surface area (Å²) >= 11 is 12.0. The van der Waals surface area contributed by atoms with Crippen LogP contribution in [0, 0.1) is 6.92 Å². The summed E-state index contributed by atoms with van der Waals surface area (Å²) in [6, 6.07) is 5.88. The molecule has 0 fully saturated rings. The van der Waals surface area contributed by atoms with Crippen LogP contribution in [0.3, 0.4) is 0 Å². The summed E-state index contributed by atoms with van der Waals surface area (Å²) in [6.45, 7) is 1.89. The molecule has 0 saturated heterocycles. The third-order valence-corrected chi connectivity index (χ3v) is 4.01. The van der Waals surface area contributed by atoms with Crippen LogP contribution < -0.4 is 11.1 Å². The maximum Gasteiger partial charge on any atom is 0.138 e. The second kappa shape index (κ2) is 5.60. The van der Waals surface area contributed by atoms with Gasteiger partial charge in [0.15, 0.2) is 0 Å². The summed E-state index contributed by atoms with van der Waals surface area (Å²) in [5.41, 5.74) is 8.27. The zero-order chi connectivity index (χ0) is 14.2. The molecular formula is C12H12Br2N4S. The van der Waals surface area contributed by atoms with E-state index in [9.17, 15) is 0 Å². The molecular weight excluding hydrogens is 392 g/mol. The Morgan fingerprint density at radius 2 is 2.11 bits per heavy atom. The summed E-state index contributed by atoms with van der Waals surface area (Å²) in [5.74, 6) is 0.785. The fourth-order valence-electron chi connectivity index (χ4n) is 1.81. The highest BCUT2D eigenvalue weighted by Crippen LogP contribution is 2.30. The van der Waals surface area contributed by atoms with Crippen molar-refractivity contribution in [2.45, 2.75) is 6.92 Å². The van der Waals surface area contributed by atoms with Crippen molar-refractivity contribution in [3.05, 3.63) is 38.4 Å². The van der Waals surface area contributed by atoms with Crippen LogP contribution in [0.1, 0.15) is 11.3 Å². The maximum absolute atomic E-state index is 5.76. The fraction of sp³-hybridized carbons (Fsp3) is 0.167. The molecule has 1 aromatic heterocycles. The van der Waals surface area contributed by atoms with Crippen LogP contribution in [-0.4, -0.2) is 14.8 Å². The van der Waals surface area contributed by atoms with Gasteiger partial charge in [-0.1, -0.05) is 28.1 Å². The lowest BCUT2D eigenvalue weighted by molar-refractivity contribution is 0.765. The van der Waals surface area contributed by atoms with E-state index in [-0.39, 0.29) is 0 Å². The number of rotatable bonds is 3. The van der Waals surface area contributed by atoms with Crippen molar-refractivity contribution in [3.63, 3.8) is 0 Å². The molecule has 2 aromatic rings. The Morgan fingerprint density at radius 3 is 2.68 bits per heavy atom. The van der Waals surface area contributed by atoms with E-state index in [1.165, 1.54) is 0 Å². The number of nitrogens with one attached hydrogen (secondary N) is 1. The summed E-state index contributed by atoms with van der Waals surface area (Å²) in [7, 11) is 1.85. The van der Waals surface area contributed by atoms with Gasteiger partial charge in [-0.25, -0.2) is 0 Å². The molecule has 0 atom stereocenters. The Bertz CT molecular complexity index is 651. The fourth-order valence-corrected chi connectivity index (χ4v) is 3.21. The molecule has 0 unspecified atom stereocenters. The van der Waals surface area contributed by atoms with Gasteiger partial charge in [-0.05, 0) is 41.1 Å². The molecule has 7 heteroatoms. The van der Waals surface area contributed by atoms with Crippen molar-refractivity contribution in [3.8, 4) is 0 Å². The molecule has 0 bridgehead atoms. The third kappa shape index (κ3) is 2.98. The van der Waals surface area contributed by atoms with Crippen LogP contribution in [0.2, 0.25) is 0 Å². The van der Waals surface area contributed by atoms with Gasteiger partial charge >= 0.3 is 0 Å². The normalized spacial score (nSPS) is 10.5. The van der Waals surface area contributed by atoms with Gasteiger partial charge in [0.2, 0.25) is 0 Å². The van der Waals surface area contributed by atoms with Gasteiger partial charge in [-0.2, -0.15) is 5.10 Å². The minimum absolute atomic E-state index is 0.335. The lowest BCUT2D eigenvalue weighted by Crippen LogP contribution is -2.13. The van der Waals surface area contributed by atoms with Crippen LogP contribution >= 0.6 is 44.1 Å². The molecule has 0 saturated carbocycles. The third-order valence-electron chi connectivity index (χ3n) is 2.65. The summed E-state index contributed by atoms with van der Waals surface area (Å²) in [6.07, 6.45) is 0. The Balaban J connectivity index is 2.46. The molecule has 0 aliphatic heterocycles. The van der Waals surface area contributed by atoms with E-state index in [2.05, 4.69) is 42.3 Å². The number of aryl methyl sites for hydroxylation is 2. The van der Waals surface area contributed by atoms with E-state index in [1.54, 1.807) is 4.68 Å². The molecule has 2 rings (SSSR count). The van der Waals surface area contributed by atoms with Gasteiger partial charge in [0, 0.05) is 16.0 Å². The average molecular weight is 404 g/mol. The second-order valence-electron chi connectivity index (χ2n) is 4.05. The van der Waals surface area contributed by atoms with Crippen LogP contribution in [-0.2, 0) is 7.05 Å². The molecule has 100 valence electrons. The summed E-state index contributed by atoms with van der Waals surface area (Å²) in [5, 5.41) is 7.64. The topological polar surface area (TPSA) is 55.9 Å². The van der Waals surface area contributed by atoms with Crippen LogP contribution in [0.25, 0.3) is 0 Å². The SMILES string of the molecule is Cc1nn(C)c(Nc2ccc(Br)cc2Br)c1C(N)=S. The van der Waals surface area contributed by atoms with Gasteiger partial charge in [0.1, 0.15) is 10.8 Å². The Kier molecular flexibility index (Phi) is 4.27. The first-order valence-electron chi connectivity index (χ1n) is 5.45. The number of thiocarbonyl (C=S) groups is 1. The van der Waals surface area contributed by atoms with Crippen molar-refractivity contribution in [2.24, 2.45) is 12.8 Å². The van der Waals surface area contributed by atoms with Crippen LogP contribution in [0.4, 0.5) is 11.5 Å². The van der Waals surface area contributed by atoms with Crippen molar-refractivity contribution in [1.29, 1.82) is 0 Å². The minimum Gasteiger partial charge on any atom is -0.389 e.